The van der Waals surface area contributed by atoms with Gasteiger partial charge in [-0.05, 0) is 36.6 Å². The van der Waals surface area contributed by atoms with E-state index >= 15 is 0 Å². The van der Waals surface area contributed by atoms with E-state index in [9.17, 15) is 4.79 Å². The maximum absolute atomic E-state index is 12.7. The van der Waals surface area contributed by atoms with Gasteiger partial charge in [0.25, 0.3) is 0 Å². The molecule has 0 radical (unpaired) electrons. The van der Waals surface area contributed by atoms with E-state index in [0.717, 1.165) is 17.7 Å². The minimum absolute atomic E-state index is 0.117. The van der Waals surface area contributed by atoms with E-state index in [0.29, 0.717) is 20.6 Å². The first-order chi connectivity index (χ1) is 12.0. The molecule has 0 amide bonds. The normalized spacial score (nSPS) is 10.7. The van der Waals surface area contributed by atoms with E-state index in [2.05, 4.69) is 17.2 Å². The molecule has 0 aliphatic carbocycles. The van der Waals surface area contributed by atoms with Crippen molar-refractivity contribution in [2.24, 2.45) is 0 Å². The predicted octanol–water partition coefficient (Wildman–Crippen LogP) is 5.22. The van der Waals surface area contributed by atoms with Crippen molar-refractivity contribution in [3.05, 3.63) is 69.1 Å². The molecular formula is C19H18ClN3OS. The Hall–Kier alpha value is -2.37. The van der Waals surface area contributed by atoms with Gasteiger partial charge in [-0.1, -0.05) is 60.2 Å². The van der Waals surface area contributed by atoms with Crippen LogP contribution in [0.4, 0.5) is 16.6 Å². The Morgan fingerprint density at radius 3 is 2.64 bits per heavy atom. The van der Waals surface area contributed by atoms with Crippen LogP contribution in [0.15, 0.2) is 42.5 Å². The Balaban J connectivity index is 1.86. The standard InChI is InChI=1S/C19H18ClN3OS/c1-3-12-5-7-13(8-6-12)16(24)17-18(21)23-19(25-17)22-15-10-14(20)9-4-11(15)2/h4-10H,3,21H2,1-2H3,(H,22,23). The van der Waals surface area contributed by atoms with E-state index in [1.165, 1.54) is 16.9 Å². The van der Waals surface area contributed by atoms with Crippen LogP contribution in [0.5, 0.6) is 0 Å². The van der Waals surface area contributed by atoms with Crippen molar-refractivity contribution in [1.82, 2.24) is 4.98 Å². The number of nitrogen functional groups attached to an aromatic ring is 1. The molecule has 128 valence electrons. The Morgan fingerprint density at radius 2 is 1.96 bits per heavy atom. The highest BCUT2D eigenvalue weighted by Gasteiger charge is 2.18. The largest absolute Gasteiger partial charge is 0.382 e. The first kappa shape index (κ1) is 17.5. The molecular weight excluding hydrogens is 354 g/mol. The molecule has 2 aromatic carbocycles. The third kappa shape index (κ3) is 3.83. The first-order valence-corrected chi connectivity index (χ1v) is 9.10. The number of rotatable bonds is 5. The Bertz CT molecular complexity index is 919. The van der Waals surface area contributed by atoms with Crippen molar-refractivity contribution in [2.75, 3.05) is 11.1 Å². The number of carbonyl (C=O) groups is 1. The monoisotopic (exact) mass is 371 g/mol. The van der Waals surface area contributed by atoms with Crippen LogP contribution in [0.2, 0.25) is 5.02 Å². The van der Waals surface area contributed by atoms with Gasteiger partial charge in [-0.3, -0.25) is 4.79 Å². The molecule has 3 aromatic rings. The maximum atomic E-state index is 12.7. The highest BCUT2D eigenvalue weighted by Crippen LogP contribution is 2.31. The third-order valence-electron chi connectivity index (χ3n) is 3.93. The van der Waals surface area contributed by atoms with Gasteiger partial charge in [0, 0.05) is 16.3 Å². The molecule has 0 saturated heterocycles. The molecule has 0 atom stereocenters. The van der Waals surface area contributed by atoms with Crippen LogP contribution in [-0.2, 0) is 6.42 Å². The minimum Gasteiger partial charge on any atom is -0.382 e. The van der Waals surface area contributed by atoms with E-state index < -0.39 is 0 Å². The van der Waals surface area contributed by atoms with Crippen molar-refractivity contribution in [2.45, 2.75) is 20.3 Å². The fraction of sp³-hybridized carbons (Fsp3) is 0.158. The summed E-state index contributed by atoms with van der Waals surface area (Å²) in [7, 11) is 0. The van der Waals surface area contributed by atoms with E-state index in [1.807, 2.05) is 49.4 Å². The number of nitrogens with zero attached hydrogens (tertiary/aromatic N) is 1. The molecule has 1 heterocycles. The summed E-state index contributed by atoms with van der Waals surface area (Å²) in [6, 6.07) is 13.1. The number of aromatic nitrogens is 1. The zero-order valence-electron chi connectivity index (χ0n) is 14.0. The van der Waals surface area contributed by atoms with E-state index in [1.54, 1.807) is 0 Å². The number of benzene rings is 2. The number of nitrogens with two attached hydrogens (primary N) is 1. The Labute approximate surface area is 155 Å². The number of thiazole rings is 1. The van der Waals surface area contributed by atoms with Gasteiger partial charge >= 0.3 is 0 Å². The number of hydrogen-bond donors (Lipinski definition) is 2. The number of carbonyl (C=O) groups excluding carboxylic acids is 1. The van der Waals surface area contributed by atoms with Crippen LogP contribution < -0.4 is 11.1 Å². The number of ketones is 1. The smallest absolute Gasteiger partial charge is 0.206 e. The number of hydrogen-bond acceptors (Lipinski definition) is 5. The number of anilines is 3. The molecule has 4 nitrogen and oxygen atoms in total. The summed E-state index contributed by atoms with van der Waals surface area (Å²) >= 11 is 7.28. The van der Waals surface area contributed by atoms with Crippen LogP contribution >= 0.6 is 22.9 Å². The molecule has 0 aliphatic rings. The van der Waals surface area contributed by atoms with Crippen LogP contribution in [0.25, 0.3) is 0 Å². The minimum atomic E-state index is -0.117. The lowest BCUT2D eigenvalue weighted by atomic mass is 10.1. The molecule has 25 heavy (non-hydrogen) atoms. The van der Waals surface area contributed by atoms with Crippen LogP contribution in [-0.4, -0.2) is 10.8 Å². The Morgan fingerprint density at radius 1 is 1.24 bits per heavy atom. The highest BCUT2D eigenvalue weighted by atomic mass is 35.5. The second-order valence-corrected chi connectivity index (χ2v) is 7.13. The quantitative estimate of drug-likeness (QED) is 0.603. The summed E-state index contributed by atoms with van der Waals surface area (Å²) in [6.07, 6.45) is 0.935. The lowest BCUT2D eigenvalue weighted by molar-refractivity contribution is 0.104. The molecule has 0 unspecified atom stereocenters. The van der Waals surface area contributed by atoms with Crippen LogP contribution in [0.3, 0.4) is 0 Å². The van der Waals surface area contributed by atoms with Gasteiger partial charge in [0.2, 0.25) is 5.78 Å². The number of aryl methyl sites for hydroxylation is 2. The average molecular weight is 372 g/mol. The van der Waals surface area contributed by atoms with Crippen LogP contribution in [0.1, 0.15) is 33.3 Å². The molecule has 6 heteroatoms. The second-order valence-electron chi connectivity index (χ2n) is 5.70. The van der Waals surface area contributed by atoms with Gasteiger partial charge < -0.3 is 11.1 Å². The molecule has 0 bridgehead atoms. The molecule has 0 spiro atoms. The van der Waals surface area contributed by atoms with Crippen molar-refractivity contribution in [3.8, 4) is 0 Å². The summed E-state index contributed by atoms with van der Waals surface area (Å²) in [4.78, 5) is 17.4. The molecule has 0 aliphatic heterocycles. The van der Waals surface area contributed by atoms with Crippen molar-refractivity contribution in [3.63, 3.8) is 0 Å². The van der Waals surface area contributed by atoms with Crippen LogP contribution in [0, 0.1) is 6.92 Å². The van der Waals surface area contributed by atoms with Gasteiger partial charge in [-0.25, -0.2) is 4.98 Å². The van der Waals surface area contributed by atoms with Gasteiger partial charge in [0.05, 0.1) is 0 Å². The van der Waals surface area contributed by atoms with Gasteiger partial charge in [-0.2, -0.15) is 0 Å². The fourth-order valence-electron chi connectivity index (χ4n) is 2.42. The van der Waals surface area contributed by atoms with Gasteiger partial charge in [0.15, 0.2) is 5.13 Å². The van der Waals surface area contributed by atoms with Gasteiger partial charge in [0.1, 0.15) is 10.7 Å². The topological polar surface area (TPSA) is 68.0 Å². The fourth-order valence-corrected chi connectivity index (χ4v) is 3.45. The van der Waals surface area contributed by atoms with Gasteiger partial charge in [-0.15, -0.1) is 0 Å². The summed E-state index contributed by atoms with van der Waals surface area (Å²) in [6.45, 7) is 4.05. The third-order valence-corrected chi connectivity index (χ3v) is 5.15. The van der Waals surface area contributed by atoms with Crippen molar-refractivity contribution in [1.29, 1.82) is 0 Å². The molecule has 1 aromatic heterocycles. The van der Waals surface area contributed by atoms with Crippen molar-refractivity contribution < 1.29 is 4.79 Å². The molecule has 0 fully saturated rings. The summed E-state index contributed by atoms with van der Waals surface area (Å²) < 4.78 is 0. The predicted molar refractivity (Wildman–Crippen MR) is 105 cm³/mol. The van der Waals surface area contributed by atoms with Crippen molar-refractivity contribution >= 4 is 45.4 Å². The maximum Gasteiger partial charge on any atom is 0.206 e. The molecule has 3 N–H and O–H groups in total. The first-order valence-electron chi connectivity index (χ1n) is 7.91. The number of halogens is 1. The second kappa shape index (κ2) is 7.25. The average Bonchev–Trinajstić information content (AvgIpc) is 2.98. The van der Waals surface area contributed by atoms with E-state index in [-0.39, 0.29) is 11.6 Å². The molecule has 3 rings (SSSR count). The van der Waals surface area contributed by atoms with E-state index in [4.69, 9.17) is 17.3 Å². The SMILES string of the molecule is CCc1ccc(C(=O)c2sc(Nc3cc(Cl)ccc3C)nc2N)cc1. The highest BCUT2D eigenvalue weighted by molar-refractivity contribution is 7.18. The summed E-state index contributed by atoms with van der Waals surface area (Å²) in [5.74, 6) is 0.116. The Kier molecular flexibility index (Phi) is 5.06. The lowest BCUT2D eigenvalue weighted by Crippen LogP contribution is -2.02. The lowest BCUT2D eigenvalue weighted by Gasteiger charge is -2.06. The zero-order chi connectivity index (χ0) is 18.0. The zero-order valence-corrected chi connectivity index (χ0v) is 15.5. The number of nitrogens with one attached hydrogen (secondary N) is 1. The molecule has 0 saturated carbocycles. The summed E-state index contributed by atoms with van der Waals surface area (Å²) in [5.41, 5.74) is 9.64. The summed E-state index contributed by atoms with van der Waals surface area (Å²) in [5, 5.41) is 4.39.